The molecule has 0 aliphatic heterocycles. The van der Waals surface area contributed by atoms with Crippen LogP contribution in [0.25, 0.3) is 12.2 Å². The predicted molar refractivity (Wildman–Crippen MR) is 65.5 cm³/mol. The highest BCUT2D eigenvalue weighted by Crippen LogP contribution is 2.16. The van der Waals surface area contributed by atoms with Crippen molar-refractivity contribution >= 4 is 23.5 Å². The molecule has 3 nitrogen and oxygen atoms in total. The maximum absolute atomic E-state index is 10.9. The highest BCUT2D eigenvalue weighted by Gasteiger charge is 2.00. The zero-order valence-corrected chi connectivity index (χ0v) is 9.12. The summed E-state index contributed by atoms with van der Waals surface area (Å²) in [4.78, 5) is 13.4. The average molecular weight is 231 g/mol. The van der Waals surface area contributed by atoms with Gasteiger partial charge in [0.1, 0.15) is 4.88 Å². The Balaban J connectivity index is 2.25. The quantitative estimate of drug-likeness (QED) is 0.780. The van der Waals surface area contributed by atoms with Crippen molar-refractivity contribution in [2.75, 3.05) is 0 Å². The van der Waals surface area contributed by atoms with E-state index in [1.807, 2.05) is 30.3 Å². The van der Waals surface area contributed by atoms with Gasteiger partial charge in [0, 0.05) is 6.08 Å². The summed E-state index contributed by atoms with van der Waals surface area (Å²) in [5, 5.41) is 9.30. The van der Waals surface area contributed by atoms with E-state index in [1.165, 1.54) is 0 Å². The van der Waals surface area contributed by atoms with Gasteiger partial charge in [-0.2, -0.15) is 0 Å². The SMILES string of the molecule is O=c1[nH]c(O)c(C=C=Cc2ccccc2)s1. The molecule has 0 atom stereocenters. The van der Waals surface area contributed by atoms with Crippen molar-refractivity contribution in [3.8, 4) is 5.88 Å². The average Bonchev–Trinajstić information content (AvgIpc) is 2.59. The van der Waals surface area contributed by atoms with Crippen LogP contribution in [0.3, 0.4) is 0 Å². The molecule has 1 aromatic heterocycles. The summed E-state index contributed by atoms with van der Waals surface area (Å²) in [5.74, 6) is -0.107. The molecule has 80 valence electrons. The number of nitrogens with one attached hydrogen (secondary N) is 1. The Morgan fingerprint density at radius 3 is 2.62 bits per heavy atom. The van der Waals surface area contributed by atoms with Crippen LogP contribution in [-0.2, 0) is 0 Å². The molecule has 0 radical (unpaired) electrons. The molecule has 0 aliphatic rings. The molecule has 0 saturated carbocycles. The van der Waals surface area contributed by atoms with Crippen LogP contribution in [0.2, 0.25) is 0 Å². The smallest absolute Gasteiger partial charge is 0.307 e. The number of hydrogen-bond donors (Lipinski definition) is 2. The molecule has 0 spiro atoms. The Labute approximate surface area is 96.0 Å². The third-order valence-corrected chi connectivity index (χ3v) is 2.74. The van der Waals surface area contributed by atoms with Gasteiger partial charge in [0.15, 0.2) is 0 Å². The number of hydrogen-bond acceptors (Lipinski definition) is 3. The summed E-state index contributed by atoms with van der Waals surface area (Å²) >= 11 is 0.950. The molecule has 4 heteroatoms. The minimum Gasteiger partial charge on any atom is -0.493 e. The number of H-pyrrole nitrogens is 1. The summed E-state index contributed by atoms with van der Waals surface area (Å²) in [7, 11) is 0. The topological polar surface area (TPSA) is 53.1 Å². The van der Waals surface area contributed by atoms with Gasteiger partial charge in [-0.1, -0.05) is 41.7 Å². The Kier molecular flexibility index (Phi) is 3.05. The van der Waals surface area contributed by atoms with Crippen LogP contribution in [0.15, 0.2) is 40.9 Å². The first-order chi connectivity index (χ1) is 7.75. The summed E-state index contributed by atoms with van der Waals surface area (Å²) in [6.07, 6.45) is 3.36. The number of aromatic amines is 1. The summed E-state index contributed by atoms with van der Waals surface area (Å²) in [5.41, 5.74) is 3.93. The Bertz CT molecular complexity index is 589. The first-order valence-corrected chi connectivity index (χ1v) is 5.47. The fourth-order valence-corrected chi connectivity index (χ4v) is 1.81. The van der Waals surface area contributed by atoms with Crippen molar-refractivity contribution in [2.45, 2.75) is 0 Å². The van der Waals surface area contributed by atoms with E-state index in [-0.39, 0.29) is 10.8 Å². The van der Waals surface area contributed by atoms with E-state index in [4.69, 9.17) is 0 Å². The zero-order chi connectivity index (χ0) is 11.4. The van der Waals surface area contributed by atoms with Crippen molar-refractivity contribution < 1.29 is 5.11 Å². The first-order valence-electron chi connectivity index (χ1n) is 4.65. The van der Waals surface area contributed by atoms with E-state index in [0.717, 1.165) is 16.9 Å². The number of thiazole rings is 1. The molecule has 2 aromatic rings. The number of aromatic hydroxyl groups is 1. The summed E-state index contributed by atoms with van der Waals surface area (Å²) in [6, 6.07) is 9.69. The fraction of sp³-hybridized carbons (Fsp3) is 0. The minimum atomic E-state index is -0.273. The minimum absolute atomic E-state index is 0.107. The van der Waals surface area contributed by atoms with Crippen molar-refractivity contribution in [3.05, 3.63) is 56.2 Å². The molecule has 2 N–H and O–H groups in total. The lowest BCUT2D eigenvalue weighted by molar-refractivity contribution is 0.455. The molecule has 0 saturated heterocycles. The second-order valence-corrected chi connectivity index (χ2v) is 4.11. The van der Waals surface area contributed by atoms with E-state index >= 15 is 0 Å². The van der Waals surface area contributed by atoms with Gasteiger partial charge < -0.3 is 5.11 Å². The van der Waals surface area contributed by atoms with Crippen LogP contribution in [0.5, 0.6) is 5.88 Å². The Morgan fingerprint density at radius 2 is 2.00 bits per heavy atom. The van der Waals surface area contributed by atoms with Crippen LogP contribution in [-0.4, -0.2) is 10.1 Å². The molecule has 0 aliphatic carbocycles. The van der Waals surface area contributed by atoms with E-state index in [2.05, 4.69) is 10.7 Å². The zero-order valence-electron chi connectivity index (χ0n) is 8.31. The lowest BCUT2D eigenvalue weighted by Crippen LogP contribution is -1.89. The lowest BCUT2D eigenvalue weighted by atomic mass is 10.2. The molecular formula is C12H9NO2S. The van der Waals surface area contributed by atoms with Crippen LogP contribution < -0.4 is 4.87 Å². The monoisotopic (exact) mass is 231 g/mol. The second kappa shape index (κ2) is 4.66. The number of benzene rings is 1. The Morgan fingerprint density at radius 1 is 1.25 bits per heavy atom. The van der Waals surface area contributed by atoms with Crippen LogP contribution in [0, 0.1) is 0 Å². The maximum atomic E-state index is 10.9. The van der Waals surface area contributed by atoms with Gasteiger partial charge in [-0.05, 0) is 11.6 Å². The molecule has 2 rings (SSSR count). The van der Waals surface area contributed by atoms with Gasteiger partial charge in [0.05, 0.1) is 0 Å². The second-order valence-electron chi connectivity index (χ2n) is 3.09. The highest BCUT2D eigenvalue weighted by molar-refractivity contribution is 7.10. The normalized spacial score (nSPS) is 9.50. The predicted octanol–water partition coefficient (Wildman–Crippen LogP) is 2.47. The van der Waals surface area contributed by atoms with Gasteiger partial charge in [0.25, 0.3) is 0 Å². The fourth-order valence-electron chi connectivity index (χ4n) is 1.19. The lowest BCUT2D eigenvalue weighted by Gasteiger charge is -1.86. The van der Waals surface area contributed by atoms with Gasteiger partial charge in [0.2, 0.25) is 5.88 Å². The molecule has 0 amide bonds. The Hall–Kier alpha value is -2.03. The molecule has 1 heterocycles. The highest BCUT2D eigenvalue weighted by atomic mass is 32.1. The van der Waals surface area contributed by atoms with Gasteiger partial charge >= 0.3 is 4.87 Å². The van der Waals surface area contributed by atoms with Crippen LogP contribution in [0.1, 0.15) is 10.4 Å². The molecule has 0 unspecified atom stereocenters. The largest absolute Gasteiger partial charge is 0.493 e. The van der Waals surface area contributed by atoms with Crippen LogP contribution in [0.4, 0.5) is 0 Å². The molecule has 1 aromatic carbocycles. The van der Waals surface area contributed by atoms with Gasteiger partial charge in [-0.3, -0.25) is 9.78 Å². The van der Waals surface area contributed by atoms with E-state index in [0.29, 0.717) is 4.88 Å². The molecular weight excluding hydrogens is 222 g/mol. The molecule has 16 heavy (non-hydrogen) atoms. The van der Waals surface area contributed by atoms with Gasteiger partial charge in [-0.15, -0.1) is 5.73 Å². The third kappa shape index (κ3) is 2.51. The summed E-state index contributed by atoms with van der Waals surface area (Å²) in [6.45, 7) is 0. The van der Waals surface area contributed by atoms with Gasteiger partial charge in [-0.25, -0.2) is 0 Å². The molecule has 0 fully saturated rings. The van der Waals surface area contributed by atoms with E-state index in [1.54, 1.807) is 12.2 Å². The van der Waals surface area contributed by atoms with Crippen molar-refractivity contribution in [3.63, 3.8) is 0 Å². The van der Waals surface area contributed by atoms with Crippen molar-refractivity contribution in [1.82, 2.24) is 4.98 Å². The summed E-state index contributed by atoms with van der Waals surface area (Å²) < 4.78 is 0. The van der Waals surface area contributed by atoms with Crippen molar-refractivity contribution in [1.29, 1.82) is 0 Å². The first kappa shape index (κ1) is 10.5. The maximum Gasteiger partial charge on any atom is 0.307 e. The molecule has 0 bridgehead atoms. The van der Waals surface area contributed by atoms with E-state index in [9.17, 15) is 9.90 Å². The standard InChI is InChI=1S/C12H9NO2S/c14-11-10(16-12(15)13-11)8-4-7-9-5-2-1-3-6-9/h1-3,5-8,14H,(H,13,15). The number of aromatic nitrogens is 1. The van der Waals surface area contributed by atoms with Crippen LogP contribution >= 0.6 is 11.3 Å². The van der Waals surface area contributed by atoms with Crippen molar-refractivity contribution in [2.24, 2.45) is 0 Å². The third-order valence-electron chi connectivity index (χ3n) is 1.92. The number of rotatable bonds is 2. The van der Waals surface area contributed by atoms with E-state index < -0.39 is 0 Å².